The second kappa shape index (κ2) is 10.7. The van der Waals surface area contributed by atoms with Gasteiger partial charge in [-0.3, -0.25) is 0 Å². The number of fused-ring (bicyclic) bond motifs is 1. The molecular weight excluding hydrogens is 557 g/mol. The molecule has 0 N–H and O–H groups in total. The van der Waals surface area contributed by atoms with E-state index in [-0.39, 0.29) is 5.15 Å². The smallest absolute Gasteiger partial charge is 0.234 e. The predicted molar refractivity (Wildman–Crippen MR) is 152 cm³/mol. The van der Waals surface area contributed by atoms with Crippen molar-refractivity contribution in [3.05, 3.63) is 89.6 Å². The number of benzene rings is 2. The van der Waals surface area contributed by atoms with E-state index in [1.54, 1.807) is 6.33 Å². The van der Waals surface area contributed by atoms with E-state index in [4.69, 9.17) is 11.6 Å². The van der Waals surface area contributed by atoms with Crippen molar-refractivity contribution in [3.8, 4) is 28.5 Å². The van der Waals surface area contributed by atoms with Crippen LogP contribution in [0.4, 0.5) is 0 Å². The van der Waals surface area contributed by atoms with Crippen molar-refractivity contribution in [2.75, 3.05) is 13.1 Å². The van der Waals surface area contributed by atoms with E-state index in [2.05, 4.69) is 59.7 Å². The van der Waals surface area contributed by atoms with Gasteiger partial charge in [0.05, 0.1) is 11.3 Å². The molecule has 1 unspecified atom stereocenters. The molecule has 5 aromatic rings. The number of aromatic nitrogens is 5. The summed E-state index contributed by atoms with van der Waals surface area (Å²) in [5.74, 6) is 0. The van der Waals surface area contributed by atoms with Crippen LogP contribution in [0, 0.1) is 11.3 Å². The summed E-state index contributed by atoms with van der Waals surface area (Å²) in [7, 11) is 0. The Morgan fingerprint density at radius 3 is 2.47 bits per heavy atom. The summed E-state index contributed by atoms with van der Waals surface area (Å²) in [6.45, 7) is 2.94. The van der Waals surface area contributed by atoms with Gasteiger partial charge in [0, 0.05) is 11.1 Å². The average Bonchev–Trinajstić information content (AvgIpc) is 3.40. The first kappa shape index (κ1) is 24.8. The number of likely N-dealkylation sites (tertiary alicyclic amines) is 1. The molecule has 3 aromatic heterocycles. The van der Waals surface area contributed by atoms with Gasteiger partial charge in [-0.15, -0.1) is 0 Å². The number of pyridine rings is 1. The molecule has 1 aliphatic heterocycles. The van der Waals surface area contributed by atoms with Crippen LogP contribution in [0.1, 0.15) is 30.0 Å². The average molecular weight is 582 g/mol. The second-order valence-electron chi connectivity index (χ2n) is 9.49. The summed E-state index contributed by atoms with van der Waals surface area (Å²) in [6, 6.07) is 22.9. The third kappa shape index (κ3) is 4.83. The fourth-order valence-corrected chi connectivity index (χ4v) is 5.89. The summed E-state index contributed by atoms with van der Waals surface area (Å²) in [4.78, 5) is 20.5. The predicted octanol–water partition coefficient (Wildman–Crippen LogP) is 4.18. The van der Waals surface area contributed by atoms with Gasteiger partial charge in [-0.1, -0.05) is 41.9 Å². The van der Waals surface area contributed by atoms with Crippen LogP contribution in [0.3, 0.4) is 0 Å². The second-order valence-corrected chi connectivity index (χ2v) is 11.0. The van der Waals surface area contributed by atoms with Gasteiger partial charge in [0.2, 0.25) is 0 Å². The Hall–Kier alpha value is -3.56. The van der Waals surface area contributed by atoms with Gasteiger partial charge in [-0.25, -0.2) is 4.98 Å². The van der Waals surface area contributed by atoms with E-state index in [0.717, 1.165) is 70.5 Å². The molecule has 9 heteroatoms. The molecule has 0 saturated carbocycles. The van der Waals surface area contributed by atoms with Crippen LogP contribution in [-0.2, 0) is 6.54 Å². The summed E-state index contributed by atoms with van der Waals surface area (Å²) in [5, 5.41) is 9.71. The zero-order chi connectivity index (χ0) is 26.1. The Labute approximate surface area is 234 Å². The van der Waals surface area contributed by atoms with Crippen molar-refractivity contribution >= 4 is 44.1 Å². The van der Waals surface area contributed by atoms with Crippen LogP contribution in [-0.4, -0.2) is 59.3 Å². The Bertz CT molecular complexity index is 1640. The molecule has 2 aromatic carbocycles. The molecular formula is C29H25AsClN7. The van der Waals surface area contributed by atoms with E-state index >= 15 is 0 Å². The summed E-state index contributed by atoms with van der Waals surface area (Å²) in [5.41, 5.74) is 7.15. The van der Waals surface area contributed by atoms with Gasteiger partial charge in [-0.05, 0) is 11.6 Å². The first-order chi connectivity index (χ1) is 18.6. The van der Waals surface area contributed by atoms with Crippen molar-refractivity contribution in [3.63, 3.8) is 0 Å². The van der Waals surface area contributed by atoms with Gasteiger partial charge in [0.15, 0.2) is 0 Å². The molecule has 1 atom stereocenters. The van der Waals surface area contributed by atoms with Crippen molar-refractivity contribution in [2.24, 2.45) is 0 Å². The van der Waals surface area contributed by atoms with Gasteiger partial charge >= 0.3 is 138 Å². The van der Waals surface area contributed by atoms with Crippen LogP contribution in [0.15, 0.2) is 73.3 Å². The van der Waals surface area contributed by atoms with Gasteiger partial charge < -0.3 is 0 Å². The van der Waals surface area contributed by atoms with Gasteiger partial charge in [0.25, 0.3) is 0 Å². The molecule has 0 spiro atoms. The van der Waals surface area contributed by atoms with E-state index in [0.29, 0.717) is 11.6 Å². The van der Waals surface area contributed by atoms with Gasteiger partial charge in [-0.2, -0.15) is 5.26 Å². The molecule has 1 aliphatic rings. The first-order valence-electron chi connectivity index (χ1n) is 12.5. The van der Waals surface area contributed by atoms with Gasteiger partial charge in [0.1, 0.15) is 11.2 Å². The minimum Gasteiger partial charge on any atom is -0.234 e. The maximum atomic E-state index is 9.48. The van der Waals surface area contributed by atoms with Crippen molar-refractivity contribution in [1.82, 2.24) is 29.4 Å². The first-order valence-corrected chi connectivity index (χ1v) is 14.1. The molecule has 0 amide bonds. The third-order valence-corrected chi connectivity index (χ3v) is 8.33. The van der Waals surface area contributed by atoms with E-state index in [1.165, 1.54) is 22.4 Å². The quantitative estimate of drug-likeness (QED) is 0.229. The standard InChI is InChI=1S/C29H25AsClN7/c30-27-26-29(34-17-33-27)38(18-35-26)23-10-12-37(13-11-23)16-19-6-8-21(9-7-19)25-24(20-4-2-1-3-5-20)14-22(15-32)28(31)36-25/h1-9,14,17-18,23H,10-13,16,30H2. The normalized spacial score (nSPS) is 14.6. The number of imidazole rings is 1. The minimum absolute atomic E-state index is 0.224. The number of rotatable bonds is 5. The van der Waals surface area contributed by atoms with Crippen molar-refractivity contribution < 1.29 is 0 Å². The fourth-order valence-electron chi connectivity index (χ4n) is 5.15. The number of nitriles is 1. The molecule has 0 radical (unpaired) electrons. The number of hydrogen-bond acceptors (Lipinski definition) is 6. The Kier molecular flexibility index (Phi) is 6.95. The molecule has 6 rings (SSSR count). The van der Waals surface area contributed by atoms with E-state index in [1.807, 2.05) is 42.7 Å². The van der Waals surface area contributed by atoms with Crippen LogP contribution < -0.4 is 4.48 Å². The zero-order valence-electron chi connectivity index (χ0n) is 20.6. The Morgan fingerprint density at radius 1 is 0.974 bits per heavy atom. The van der Waals surface area contributed by atoms with Crippen LogP contribution in [0.25, 0.3) is 33.5 Å². The minimum atomic E-state index is 0.224. The summed E-state index contributed by atoms with van der Waals surface area (Å²) >= 11 is 7.81. The summed E-state index contributed by atoms with van der Waals surface area (Å²) < 4.78 is 3.21. The van der Waals surface area contributed by atoms with Crippen LogP contribution in [0.2, 0.25) is 5.15 Å². The molecule has 0 aliphatic carbocycles. The maximum absolute atomic E-state index is 9.48. The zero-order valence-corrected chi connectivity index (χ0v) is 23.8. The topological polar surface area (TPSA) is 83.5 Å². The number of piperidine rings is 1. The Balaban J connectivity index is 1.17. The monoisotopic (exact) mass is 581 g/mol. The Morgan fingerprint density at radius 2 is 1.74 bits per heavy atom. The molecule has 0 bridgehead atoms. The molecule has 38 heavy (non-hydrogen) atoms. The fraction of sp³-hybridized carbons (Fsp3) is 0.207. The SMILES string of the molecule is N#Cc1cc(-c2ccccc2)c(-c2ccc(CN3CCC(n4cnc5c([AsH2])ncnc54)CC3)cc2)nc1Cl. The molecule has 7 nitrogen and oxygen atoms in total. The number of nitrogens with zero attached hydrogens (tertiary/aromatic N) is 7. The molecule has 188 valence electrons. The van der Waals surface area contributed by atoms with E-state index < -0.39 is 0 Å². The molecule has 1 saturated heterocycles. The third-order valence-electron chi connectivity index (χ3n) is 7.15. The van der Waals surface area contributed by atoms with Crippen LogP contribution in [0.5, 0.6) is 0 Å². The number of halogens is 1. The number of hydrogen-bond donors (Lipinski definition) is 0. The van der Waals surface area contributed by atoms with Crippen molar-refractivity contribution in [2.45, 2.75) is 25.4 Å². The van der Waals surface area contributed by atoms with Crippen molar-refractivity contribution in [1.29, 1.82) is 5.26 Å². The van der Waals surface area contributed by atoms with E-state index in [9.17, 15) is 5.26 Å². The summed E-state index contributed by atoms with van der Waals surface area (Å²) in [6.07, 6.45) is 5.69. The van der Waals surface area contributed by atoms with Crippen LogP contribution >= 0.6 is 11.6 Å². The molecule has 1 fully saturated rings. The molecule has 4 heterocycles.